The fraction of sp³-hybridized carbons (Fsp3) is 0.632. The molecule has 2 N–H and O–H groups in total. The molecule has 1 aromatic rings. The summed E-state index contributed by atoms with van der Waals surface area (Å²) in [5.74, 6) is 0.260. The monoisotopic (exact) mass is 351 g/mol. The molecule has 0 bridgehead atoms. The highest BCUT2D eigenvalue weighted by atomic mass is 28.4. The first-order valence-electron chi connectivity index (χ1n) is 8.47. The predicted molar refractivity (Wildman–Crippen MR) is 102 cm³/mol. The first-order chi connectivity index (χ1) is 10.8. The smallest absolute Gasteiger partial charge is 0.248 e. The van der Waals surface area contributed by atoms with E-state index in [9.17, 15) is 4.79 Å². The zero-order valence-corrected chi connectivity index (χ0v) is 17.4. The van der Waals surface area contributed by atoms with Gasteiger partial charge < -0.3 is 14.9 Å². The fourth-order valence-corrected chi connectivity index (χ4v) is 3.11. The summed E-state index contributed by atoms with van der Waals surface area (Å²) in [7, 11) is -1.78. The van der Waals surface area contributed by atoms with Gasteiger partial charge >= 0.3 is 0 Å². The average Bonchev–Trinajstić information content (AvgIpc) is 2.41. The van der Waals surface area contributed by atoms with E-state index < -0.39 is 14.2 Å². The van der Waals surface area contributed by atoms with Crippen molar-refractivity contribution in [1.29, 1.82) is 0 Å². The average molecular weight is 352 g/mol. The van der Waals surface area contributed by atoms with Crippen LogP contribution in [0, 0.1) is 0 Å². The van der Waals surface area contributed by atoms with Crippen LogP contribution in [-0.2, 0) is 9.84 Å². The van der Waals surface area contributed by atoms with Gasteiger partial charge in [-0.15, -0.1) is 0 Å². The molecule has 0 radical (unpaired) electrons. The van der Waals surface area contributed by atoms with Gasteiger partial charge in [-0.1, -0.05) is 47.6 Å². The molecule has 1 rings (SSSR count). The number of nitrogens with two attached hydrogens (primary N) is 1. The van der Waals surface area contributed by atoms with E-state index in [1.54, 1.807) is 12.1 Å². The van der Waals surface area contributed by atoms with Crippen molar-refractivity contribution in [2.24, 2.45) is 5.73 Å². The Hall–Kier alpha value is -1.33. The summed E-state index contributed by atoms with van der Waals surface area (Å²) in [5.41, 5.74) is 6.83. The Morgan fingerprint density at radius 1 is 1.08 bits per heavy atom. The summed E-state index contributed by atoms with van der Waals surface area (Å²) in [6, 6.07) is 5.40. The molecule has 0 saturated heterocycles. The number of primary amides is 1. The number of carbonyl (C=O) groups is 1. The molecule has 0 heterocycles. The highest BCUT2D eigenvalue weighted by Crippen LogP contribution is 2.36. The van der Waals surface area contributed by atoms with Crippen molar-refractivity contribution in [2.45, 2.75) is 65.1 Å². The number of rotatable bonds is 6. The predicted octanol–water partition coefficient (Wildman–Crippen LogP) is 4.48. The highest BCUT2D eigenvalue weighted by Gasteiger charge is 2.36. The summed E-state index contributed by atoms with van der Waals surface area (Å²) in [4.78, 5) is 11.4. The van der Waals surface area contributed by atoms with Crippen LogP contribution in [0.3, 0.4) is 0 Å². The molecule has 5 heteroatoms. The third-order valence-corrected chi connectivity index (χ3v) is 9.22. The molecule has 136 valence electrons. The molecule has 0 unspecified atom stereocenters. The summed E-state index contributed by atoms with van der Waals surface area (Å²) >= 11 is 0. The lowest BCUT2D eigenvalue weighted by Gasteiger charge is -2.36. The third kappa shape index (κ3) is 5.35. The maximum Gasteiger partial charge on any atom is 0.248 e. The third-order valence-electron chi connectivity index (χ3n) is 4.68. The first-order valence-corrected chi connectivity index (χ1v) is 11.4. The van der Waals surface area contributed by atoms with Crippen LogP contribution in [0.2, 0.25) is 18.1 Å². The minimum absolute atomic E-state index is 0.0776. The standard InChI is InChI=1S/C19H33NO3Si/c1-18(2,3)15-10-9-14(17(20)21)13-16(15)22-11-12-23-24(7,8)19(4,5)6/h9-10,13H,11-12H2,1-8H3,(H2,20,21). The van der Waals surface area contributed by atoms with Crippen molar-refractivity contribution in [3.63, 3.8) is 0 Å². The molecular formula is C19H33NO3Si. The van der Waals surface area contributed by atoms with E-state index in [2.05, 4.69) is 54.6 Å². The van der Waals surface area contributed by atoms with E-state index in [0.29, 0.717) is 24.5 Å². The molecule has 0 fully saturated rings. The van der Waals surface area contributed by atoms with E-state index in [1.165, 1.54) is 0 Å². The van der Waals surface area contributed by atoms with Gasteiger partial charge in [-0.25, -0.2) is 0 Å². The highest BCUT2D eigenvalue weighted by molar-refractivity contribution is 6.74. The van der Waals surface area contributed by atoms with E-state index in [4.69, 9.17) is 14.9 Å². The molecule has 1 amide bonds. The van der Waals surface area contributed by atoms with Crippen molar-refractivity contribution in [2.75, 3.05) is 13.2 Å². The van der Waals surface area contributed by atoms with Gasteiger partial charge in [-0.05, 0) is 41.2 Å². The maximum absolute atomic E-state index is 11.4. The van der Waals surface area contributed by atoms with Gasteiger partial charge in [0, 0.05) is 5.56 Å². The van der Waals surface area contributed by atoms with Gasteiger partial charge in [-0.2, -0.15) is 0 Å². The van der Waals surface area contributed by atoms with Crippen LogP contribution < -0.4 is 10.5 Å². The quantitative estimate of drug-likeness (QED) is 0.607. The van der Waals surface area contributed by atoms with Crippen LogP contribution in [0.5, 0.6) is 5.75 Å². The van der Waals surface area contributed by atoms with Crippen molar-refractivity contribution < 1.29 is 14.0 Å². The molecule has 0 atom stereocenters. The molecule has 0 aliphatic heterocycles. The van der Waals surface area contributed by atoms with Crippen LogP contribution in [0.1, 0.15) is 57.5 Å². The number of amides is 1. The van der Waals surface area contributed by atoms with Crippen LogP contribution in [0.4, 0.5) is 0 Å². The minimum Gasteiger partial charge on any atom is -0.491 e. The lowest BCUT2D eigenvalue weighted by atomic mass is 9.85. The van der Waals surface area contributed by atoms with Crippen LogP contribution in [0.15, 0.2) is 18.2 Å². The number of benzene rings is 1. The van der Waals surface area contributed by atoms with Crippen LogP contribution >= 0.6 is 0 Å². The van der Waals surface area contributed by atoms with Crippen LogP contribution in [-0.4, -0.2) is 27.4 Å². The second kappa shape index (κ2) is 7.27. The second-order valence-corrected chi connectivity index (χ2v) is 13.6. The molecule has 4 nitrogen and oxygen atoms in total. The van der Waals surface area contributed by atoms with E-state index in [1.807, 2.05) is 6.07 Å². The number of hydrogen-bond acceptors (Lipinski definition) is 3. The normalized spacial score (nSPS) is 13.0. The SMILES string of the molecule is CC(C)(C)c1ccc(C(N)=O)cc1OCCO[Si](C)(C)C(C)(C)C. The zero-order valence-electron chi connectivity index (χ0n) is 16.4. The molecule has 0 aliphatic rings. The number of carbonyl (C=O) groups excluding carboxylic acids is 1. The van der Waals surface area contributed by atoms with Gasteiger partial charge in [-0.3, -0.25) is 4.79 Å². The molecular weight excluding hydrogens is 318 g/mol. The van der Waals surface area contributed by atoms with Crippen molar-refractivity contribution in [3.8, 4) is 5.75 Å². The molecule has 0 aliphatic carbocycles. The largest absolute Gasteiger partial charge is 0.491 e. The summed E-state index contributed by atoms with van der Waals surface area (Å²) < 4.78 is 12.1. The lowest BCUT2D eigenvalue weighted by Crippen LogP contribution is -2.41. The Morgan fingerprint density at radius 2 is 1.67 bits per heavy atom. The van der Waals surface area contributed by atoms with E-state index in [-0.39, 0.29) is 10.5 Å². The summed E-state index contributed by atoms with van der Waals surface area (Å²) in [6.45, 7) is 18.4. The first kappa shape index (κ1) is 20.7. The molecule has 1 aromatic carbocycles. The van der Waals surface area contributed by atoms with Gasteiger partial charge in [0.2, 0.25) is 5.91 Å². The Labute approximate surface area is 147 Å². The van der Waals surface area contributed by atoms with E-state index >= 15 is 0 Å². The van der Waals surface area contributed by atoms with Gasteiger partial charge in [0.25, 0.3) is 0 Å². The van der Waals surface area contributed by atoms with Crippen LogP contribution in [0.25, 0.3) is 0 Å². The maximum atomic E-state index is 11.4. The Morgan fingerprint density at radius 3 is 2.12 bits per heavy atom. The Bertz CT molecular complexity index is 583. The second-order valence-electron chi connectivity index (χ2n) is 8.78. The van der Waals surface area contributed by atoms with Gasteiger partial charge in [0.15, 0.2) is 8.32 Å². The number of ether oxygens (including phenoxy) is 1. The molecule has 24 heavy (non-hydrogen) atoms. The fourth-order valence-electron chi connectivity index (χ4n) is 2.08. The molecule has 0 aromatic heterocycles. The number of hydrogen-bond donors (Lipinski definition) is 1. The topological polar surface area (TPSA) is 61.6 Å². The lowest BCUT2D eigenvalue weighted by molar-refractivity contribution is 0.0999. The minimum atomic E-state index is -1.78. The van der Waals surface area contributed by atoms with Gasteiger partial charge in [0.05, 0.1) is 6.61 Å². The van der Waals surface area contributed by atoms with Crippen molar-refractivity contribution in [3.05, 3.63) is 29.3 Å². The Balaban J connectivity index is 2.83. The Kier molecular flexibility index (Phi) is 6.28. The summed E-state index contributed by atoms with van der Waals surface area (Å²) in [6.07, 6.45) is 0. The van der Waals surface area contributed by atoms with E-state index in [0.717, 1.165) is 5.56 Å². The molecule has 0 saturated carbocycles. The van der Waals surface area contributed by atoms with Crippen molar-refractivity contribution >= 4 is 14.2 Å². The summed E-state index contributed by atoms with van der Waals surface area (Å²) in [5, 5.41) is 0.176. The van der Waals surface area contributed by atoms with Crippen molar-refractivity contribution in [1.82, 2.24) is 0 Å². The van der Waals surface area contributed by atoms with Gasteiger partial charge in [0.1, 0.15) is 12.4 Å². The zero-order chi connectivity index (χ0) is 18.8. The molecule has 0 spiro atoms.